The Bertz CT molecular complexity index is 471. The van der Waals surface area contributed by atoms with Crippen molar-refractivity contribution in [1.29, 1.82) is 0 Å². The summed E-state index contributed by atoms with van der Waals surface area (Å²) in [7, 11) is 1.58. The SMILES string of the molecule is COc1ccccc1C(=O)CN1CCCC(C)(O)CC1. The van der Waals surface area contributed by atoms with Gasteiger partial charge in [0, 0.05) is 6.54 Å². The Morgan fingerprint density at radius 1 is 1.35 bits per heavy atom. The van der Waals surface area contributed by atoms with E-state index in [2.05, 4.69) is 4.90 Å². The van der Waals surface area contributed by atoms with Crippen LogP contribution in [0.3, 0.4) is 0 Å². The Labute approximate surface area is 120 Å². The number of nitrogens with zero attached hydrogens (tertiary/aromatic N) is 1. The number of carbonyl (C=O) groups is 1. The van der Waals surface area contributed by atoms with Crippen LogP contribution in [-0.4, -0.2) is 48.1 Å². The van der Waals surface area contributed by atoms with Crippen LogP contribution < -0.4 is 4.74 Å². The number of para-hydroxylation sites is 1. The second-order valence-corrected chi connectivity index (χ2v) is 5.75. The van der Waals surface area contributed by atoms with E-state index in [1.807, 2.05) is 19.1 Å². The van der Waals surface area contributed by atoms with Crippen LogP contribution in [0.5, 0.6) is 5.75 Å². The lowest BCUT2D eigenvalue weighted by atomic mass is 9.98. The highest BCUT2D eigenvalue weighted by molar-refractivity contribution is 6.00. The molecule has 1 aliphatic rings. The lowest BCUT2D eigenvalue weighted by Gasteiger charge is -2.22. The van der Waals surface area contributed by atoms with E-state index in [1.165, 1.54) is 0 Å². The quantitative estimate of drug-likeness (QED) is 0.856. The first-order valence-corrected chi connectivity index (χ1v) is 7.13. The second kappa shape index (κ2) is 6.37. The van der Waals surface area contributed by atoms with Crippen LogP contribution in [0.15, 0.2) is 24.3 Å². The average molecular weight is 277 g/mol. The van der Waals surface area contributed by atoms with E-state index in [-0.39, 0.29) is 5.78 Å². The molecule has 1 unspecified atom stereocenters. The summed E-state index contributed by atoms with van der Waals surface area (Å²) in [5.41, 5.74) is 0.0356. The van der Waals surface area contributed by atoms with Crippen LogP contribution in [0.4, 0.5) is 0 Å². The van der Waals surface area contributed by atoms with Gasteiger partial charge in [0.05, 0.1) is 24.8 Å². The van der Waals surface area contributed by atoms with Gasteiger partial charge in [0.1, 0.15) is 5.75 Å². The van der Waals surface area contributed by atoms with Crippen LogP contribution in [0, 0.1) is 0 Å². The summed E-state index contributed by atoms with van der Waals surface area (Å²) >= 11 is 0. The van der Waals surface area contributed by atoms with E-state index in [0.717, 1.165) is 25.9 Å². The monoisotopic (exact) mass is 277 g/mol. The molecule has 1 atom stereocenters. The van der Waals surface area contributed by atoms with E-state index in [9.17, 15) is 9.90 Å². The Morgan fingerprint density at radius 2 is 2.10 bits per heavy atom. The number of Topliss-reactive ketones (excluding diaryl/α,β-unsaturated/α-hetero) is 1. The fourth-order valence-corrected chi connectivity index (χ4v) is 2.64. The standard InChI is InChI=1S/C16H23NO3/c1-16(19)8-5-10-17(11-9-16)12-14(18)13-6-3-4-7-15(13)20-2/h3-4,6-7,19H,5,8-12H2,1-2H3. The first kappa shape index (κ1) is 15.0. The van der Waals surface area contributed by atoms with Crippen molar-refractivity contribution in [2.75, 3.05) is 26.7 Å². The second-order valence-electron chi connectivity index (χ2n) is 5.75. The van der Waals surface area contributed by atoms with Gasteiger partial charge in [0.2, 0.25) is 0 Å². The van der Waals surface area contributed by atoms with Gasteiger partial charge in [-0.05, 0) is 44.9 Å². The number of rotatable bonds is 4. The summed E-state index contributed by atoms with van der Waals surface area (Å²) in [5, 5.41) is 10.1. The van der Waals surface area contributed by atoms with Crippen molar-refractivity contribution in [3.63, 3.8) is 0 Å². The molecular formula is C16H23NO3. The highest BCUT2D eigenvalue weighted by Crippen LogP contribution is 2.22. The van der Waals surface area contributed by atoms with E-state index < -0.39 is 5.60 Å². The van der Waals surface area contributed by atoms with E-state index in [4.69, 9.17) is 4.74 Å². The lowest BCUT2D eigenvalue weighted by Crippen LogP contribution is -2.32. The molecule has 1 fully saturated rings. The maximum atomic E-state index is 12.4. The molecule has 0 spiro atoms. The first-order valence-electron chi connectivity index (χ1n) is 7.13. The van der Waals surface area contributed by atoms with Gasteiger partial charge in [0.25, 0.3) is 0 Å². The zero-order valence-electron chi connectivity index (χ0n) is 12.3. The third-order valence-corrected chi connectivity index (χ3v) is 3.93. The number of hydrogen-bond donors (Lipinski definition) is 1. The predicted molar refractivity (Wildman–Crippen MR) is 78.2 cm³/mol. The number of carbonyl (C=O) groups excluding carboxylic acids is 1. The summed E-state index contributed by atoms with van der Waals surface area (Å²) in [6.45, 7) is 3.87. The van der Waals surface area contributed by atoms with Gasteiger partial charge in [-0.15, -0.1) is 0 Å². The molecule has 0 amide bonds. The molecular weight excluding hydrogens is 254 g/mol. The van der Waals surface area contributed by atoms with Gasteiger partial charge in [-0.3, -0.25) is 9.69 Å². The topological polar surface area (TPSA) is 49.8 Å². The Kier molecular flexibility index (Phi) is 4.78. The molecule has 0 aromatic heterocycles. The number of ether oxygens (including phenoxy) is 1. The Morgan fingerprint density at radius 3 is 2.85 bits per heavy atom. The molecule has 1 aliphatic heterocycles. The van der Waals surface area contributed by atoms with Crippen molar-refractivity contribution >= 4 is 5.78 Å². The van der Waals surface area contributed by atoms with Crippen molar-refractivity contribution in [3.05, 3.63) is 29.8 Å². The molecule has 1 N–H and O–H groups in total. The first-order chi connectivity index (χ1) is 9.52. The van der Waals surface area contributed by atoms with Gasteiger partial charge < -0.3 is 9.84 Å². The number of benzene rings is 1. The minimum Gasteiger partial charge on any atom is -0.496 e. The number of methoxy groups -OCH3 is 1. The molecule has 1 saturated heterocycles. The Balaban J connectivity index is 2.01. The summed E-state index contributed by atoms with van der Waals surface area (Å²) < 4.78 is 5.23. The molecule has 1 heterocycles. The minimum absolute atomic E-state index is 0.0731. The largest absolute Gasteiger partial charge is 0.496 e. The summed E-state index contributed by atoms with van der Waals surface area (Å²) in [6.07, 6.45) is 2.44. The fraction of sp³-hybridized carbons (Fsp3) is 0.562. The minimum atomic E-state index is -0.595. The van der Waals surface area contributed by atoms with Crippen molar-refractivity contribution < 1.29 is 14.6 Å². The number of aliphatic hydroxyl groups is 1. The zero-order chi connectivity index (χ0) is 14.6. The van der Waals surface area contributed by atoms with Crippen molar-refractivity contribution in [3.8, 4) is 5.75 Å². The predicted octanol–water partition coefficient (Wildman–Crippen LogP) is 2.11. The molecule has 110 valence electrons. The number of hydrogen-bond acceptors (Lipinski definition) is 4. The zero-order valence-corrected chi connectivity index (χ0v) is 12.3. The normalized spacial score (nSPS) is 24.1. The van der Waals surface area contributed by atoms with Crippen LogP contribution in [0.1, 0.15) is 36.5 Å². The molecule has 0 bridgehead atoms. The lowest BCUT2D eigenvalue weighted by molar-refractivity contribution is 0.0444. The van der Waals surface area contributed by atoms with Crippen molar-refractivity contribution in [1.82, 2.24) is 4.90 Å². The summed E-state index contributed by atoms with van der Waals surface area (Å²) in [4.78, 5) is 14.5. The molecule has 4 heteroatoms. The maximum absolute atomic E-state index is 12.4. The van der Waals surface area contributed by atoms with Crippen LogP contribution in [-0.2, 0) is 0 Å². The van der Waals surface area contributed by atoms with E-state index >= 15 is 0 Å². The van der Waals surface area contributed by atoms with Gasteiger partial charge in [-0.1, -0.05) is 12.1 Å². The molecule has 0 aliphatic carbocycles. The Hall–Kier alpha value is -1.39. The molecule has 0 saturated carbocycles. The van der Waals surface area contributed by atoms with E-state index in [1.54, 1.807) is 19.2 Å². The van der Waals surface area contributed by atoms with Crippen molar-refractivity contribution in [2.24, 2.45) is 0 Å². The highest BCUT2D eigenvalue weighted by Gasteiger charge is 2.26. The van der Waals surface area contributed by atoms with Crippen molar-refractivity contribution in [2.45, 2.75) is 31.8 Å². The van der Waals surface area contributed by atoms with Gasteiger partial charge in [0.15, 0.2) is 5.78 Å². The molecule has 2 rings (SSSR count). The van der Waals surface area contributed by atoms with Gasteiger partial charge >= 0.3 is 0 Å². The molecule has 4 nitrogen and oxygen atoms in total. The molecule has 1 aromatic rings. The third kappa shape index (κ3) is 3.81. The van der Waals surface area contributed by atoms with E-state index in [0.29, 0.717) is 24.3 Å². The van der Waals surface area contributed by atoms with Crippen LogP contribution in [0.2, 0.25) is 0 Å². The molecule has 1 aromatic carbocycles. The summed E-state index contributed by atoms with van der Waals surface area (Å²) in [6, 6.07) is 7.32. The smallest absolute Gasteiger partial charge is 0.180 e. The van der Waals surface area contributed by atoms with Crippen LogP contribution in [0.25, 0.3) is 0 Å². The number of likely N-dealkylation sites (tertiary alicyclic amines) is 1. The third-order valence-electron chi connectivity index (χ3n) is 3.93. The molecule has 20 heavy (non-hydrogen) atoms. The number of ketones is 1. The van der Waals surface area contributed by atoms with Gasteiger partial charge in [-0.2, -0.15) is 0 Å². The molecule has 0 radical (unpaired) electrons. The average Bonchev–Trinajstić information content (AvgIpc) is 2.60. The summed E-state index contributed by atoms with van der Waals surface area (Å²) in [5.74, 6) is 0.698. The van der Waals surface area contributed by atoms with Gasteiger partial charge in [-0.25, -0.2) is 0 Å². The maximum Gasteiger partial charge on any atom is 0.180 e. The van der Waals surface area contributed by atoms with Crippen LogP contribution >= 0.6 is 0 Å². The fourth-order valence-electron chi connectivity index (χ4n) is 2.64. The highest BCUT2D eigenvalue weighted by atomic mass is 16.5.